The highest BCUT2D eigenvalue weighted by molar-refractivity contribution is 9.10. The van der Waals surface area contributed by atoms with E-state index < -0.39 is 0 Å². The van der Waals surface area contributed by atoms with Gasteiger partial charge in [-0.25, -0.2) is 0 Å². The Hall–Kier alpha value is -1.75. The van der Waals surface area contributed by atoms with E-state index in [9.17, 15) is 4.79 Å². The number of nitrogens with zero attached hydrogens (tertiary/aromatic N) is 1. The van der Waals surface area contributed by atoms with E-state index in [0.717, 1.165) is 21.5 Å². The number of carbonyl (C=O) groups excluding carboxylic acids is 1. The zero-order valence-corrected chi connectivity index (χ0v) is 13.3. The lowest BCUT2D eigenvalue weighted by molar-refractivity contribution is 0.101. The molecule has 5 heteroatoms. The Bertz CT molecular complexity index is 635. The third kappa shape index (κ3) is 3.22. The van der Waals surface area contributed by atoms with Crippen molar-refractivity contribution in [1.29, 1.82) is 0 Å². The fourth-order valence-corrected chi connectivity index (χ4v) is 2.49. The largest absolute Gasteiger partial charge is 0.494 e. The monoisotopic (exact) mass is 336 g/mol. The van der Waals surface area contributed by atoms with Crippen LogP contribution in [0.5, 0.6) is 5.75 Å². The predicted octanol–water partition coefficient (Wildman–Crippen LogP) is 3.75. The molecule has 0 atom stereocenters. The standard InChI is InChI=1S/C15H17BrN2O2/c1-4-20-12-5-6-13(10(2)7-12)17-15(19)14-8-11(16)9-18(14)3/h5-9H,4H2,1-3H3,(H,17,19). The molecule has 0 bridgehead atoms. The van der Waals surface area contributed by atoms with Gasteiger partial charge in [0.2, 0.25) is 0 Å². The van der Waals surface area contributed by atoms with E-state index in [0.29, 0.717) is 12.3 Å². The topological polar surface area (TPSA) is 43.3 Å². The Morgan fingerprint density at radius 3 is 2.70 bits per heavy atom. The average Bonchev–Trinajstić information content (AvgIpc) is 2.72. The van der Waals surface area contributed by atoms with Crippen LogP contribution in [0.4, 0.5) is 5.69 Å². The lowest BCUT2D eigenvalue weighted by atomic mass is 10.2. The Morgan fingerprint density at radius 2 is 2.15 bits per heavy atom. The summed E-state index contributed by atoms with van der Waals surface area (Å²) >= 11 is 3.36. The molecule has 0 aliphatic carbocycles. The minimum absolute atomic E-state index is 0.134. The van der Waals surface area contributed by atoms with Crippen LogP contribution in [0.15, 0.2) is 34.9 Å². The first-order valence-electron chi connectivity index (χ1n) is 6.38. The second-order valence-corrected chi connectivity index (χ2v) is 5.43. The smallest absolute Gasteiger partial charge is 0.272 e. The number of benzene rings is 1. The number of nitrogens with one attached hydrogen (secondary N) is 1. The van der Waals surface area contributed by atoms with Crippen molar-refractivity contribution in [3.63, 3.8) is 0 Å². The Labute approximate surface area is 126 Å². The average molecular weight is 337 g/mol. The van der Waals surface area contributed by atoms with E-state index in [2.05, 4.69) is 21.2 Å². The SMILES string of the molecule is CCOc1ccc(NC(=O)c2cc(Br)cn2C)c(C)c1. The summed E-state index contributed by atoms with van der Waals surface area (Å²) in [4.78, 5) is 12.2. The maximum Gasteiger partial charge on any atom is 0.272 e. The number of rotatable bonds is 4. The normalized spacial score (nSPS) is 10.4. The Balaban J connectivity index is 2.17. The maximum absolute atomic E-state index is 12.2. The highest BCUT2D eigenvalue weighted by Crippen LogP contribution is 2.22. The molecule has 1 amide bonds. The third-order valence-electron chi connectivity index (χ3n) is 2.96. The summed E-state index contributed by atoms with van der Waals surface area (Å²) in [5.41, 5.74) is 2.36. The van der Waals surface area contributed by atoms with E-state index >= 15 is 0 Å². The summed E-state index contributed by atoms with van der Waals surface area (Å²) in [6.45, 7) is 4.51. The number of aryl methyl sites for hydroxylation is 2. The molecule has 0 fully saturated rings. The molecule has 4 nitrogen and oxygen atoms in total. The Kier molecular flexibility index (Phi) is 4.49. The molecule has 0 unspecified atom stereocenters. The highest BCUT2D eigenvalue weighted by Gasteiger charge is 2.12. The molecule has 0 aliphatic heterocycles. The minimum Gasteiger partial charge on any atom is -0.494 e. The van der Waals surface area contributed by atoms with Crippen molar-refractivity contribution in [3.05, 3.63) is 46.2 Å². The lowest BCUT2D eigenvalue weighted by Gasteiger charge is -2.11. The van der Waals surface area contributed by atoms with Gasteiger partial charge in [-0.3, -0.25) is 4.79 Å². The number of hydrogen-bond acceptors (Lipinski definition) is 2. The van der Waals surface area contributed by atoms with Gasteiger partial charge in [-0.1, -0.05) is 0 Å². The molecule has 0 aliphatic rings. The van der Waals surface area contributed by atoms with Crippen LogP contribution in [0.1, 0.15) is 23.0 Å². The van der Waals surface area contributed by atoms with Gasteiger partial charge in [0, 0.05) is 23.4 Å². The molecule has 1 aromatic carbocycles. The zero-order chi connectivity index (χ0) is 14.7. The van der Waals surface area contributed by atoms with Gasteiger partial charge < -0.3 is 14.6 Å². The van der Waals surface area contributed by atoms with Crippen molar-refractivity contribution in [3.8, 4) is 5.75 Å². The van der Waals surface area contributed by atoms with Gasteiger partial charge in [0.15, 0.2) is 0 Å². The molecule has 1 heterocycles. The lowest BCUT2D eigenvalue weighted by Crippen LogP contribution is -2.16. The number of carbonyl (C=O) groups is 1. The summed E-state index contributed by atoms with van der Waals surface area (Å²) < 4.78 is 8.09. The van der Waals surface area contributed by atoms with Gasteiger partial charge >= 0.3 is 0 Å². The summed E-state index contributed by atoms with van der Waals surface area (Å²) in [5, 5.41) is 2.91. The van der Waals surface area contributed by atoms with Gasteiger partial charge in [0.1, 0.15) is 11.4 Å². The van der Waals surface area contributed by atoms with Gasteiger partial charge in [-0.05, 0) is 59.6 Å². The van der Waals surface area contributed by atoms with E-state index in [1.165, 1.54) is 0 Å². The summed E-state index contributed by atoms with van der Waals surface area (Å²) in [6, 6.07) is 7.42. The van der Waals surface area contributed by atoms with Crippen LogP contribution >= 0.6 is 15.9 Å². The molecular weight excluding hydrogens is 320 g/mol. The van der Waals surface area contributed by atoms with Crippen molar-refractivity contribution in [2.75, 3.05) is 11.9 Å². The highest BCUT2D eigenvalue weighted by atomic mass is 79.9. The maximum atomic E-state index is 12.2. The quantitative estimate of drug-likeness (QED) is 0.923. The molecule has 20 heavy (non-hydrogen) atoms. The van der Waals surface area contributed by atoms with Gasteiger partial charge in [0.25, 0.3) is 5.91 Å². The number of halogens is 1. The number of amides is 1. The van der Waals surface area contributed by atoms with Crippen LogP contribution in [-0.2, 0) is 7.05 Å². The van der Waals surface area contributed by atoms with Crippen LogP contribution in [0.3, 0.4) is 0 Å². The van der Waals surface area contributed by atoms with Crippen LogP contribution in [-0.4, -0.2) is 17.1 Å². The van der Waals surface area contributed by atoms with Gasteiger partial charge in [0.05, 0.1) is 6.61 Å². The summed E-state index contributed by atoms with van der Waals surface area (Å²) in [6.07, 6.45) is 1.85. The summed E-state index contributed by atoms with van der Waals surface area (Å²) in [7, 11) is 1.84. The number of hydrogen-bond donors (Lipinski definition) is 1. The van der Waals surface area contributed by atoms with Crippen molar-refractivity contribution >= 4 is 27.5 Å². The van der Waals surface area contributed by atoms with Crippen molar-refractivity contribution in [2.24, 2.45) is 7.05 Å². The van der Waals surface area contributed by atoms with Crippen molar-refractivity contribution in [2.45, 2.75) is 13.8 Å². The number of aromatic nitrogens is 1. The molecule has 2 rings (SSSR count). The van der Waals surface area contributed by atoms with E-state index in [1.54, 1.807) is 10.6 Å². The first-order valence-corrected chi connectivity index (χ1v) is 7.17. The molecule has 1 N–H and O–H groups in total. The molecule has 1 aromatic heterocycles. The molecule has 0 saturated heterocycles. The molecule has 0 spiro atoms. The predicted molar refractivity (Wildman–Crippen MR) is 83.4 cm³/mol. The molecule has 2 aromatic rings. The fourth-order valence-electron chi connectivity index (χ4n) is 1.97. The van der Waals surface area contributed by atoms with Crippen LogP contribution in [0.2, 0.25) is 0 Å². The Morgan fingerprint density at radius 1 is 1.40 bits per heavy atom. The fraction of sp³-hybridized carbons (Fsp3) is 0.267. The minimum atomic E-state index is -0.134. The molecule has 0 radical (unpaired) electrons. The zero-order valence-electron chi connectivity index (χ0n) is 11.7. The first-order chi connectivity index (χ1) is 9.51. The summed E-state index contributed by atoms with van der Waals surface area (Å²) in [5.74, 6) is 0.676. The molecular formula is C15H17BrN2O2. The molecule has 106 valence electrons. The van der Waals surface area contributed by atoms with E-state index in [1.807, 2.05) is 45.3 Å². The van der Waals surface area contributed by atoms with Gasteiger partial charge in [-0.2, -0.15) is 0 Å². The van der Waals surface area contributed by atoms with Crippen molar-refractivity contribution in [1.82, 2.24) is 4.57 Å². The first kappa shape index (κ1) is 14.7. The molecule has 0 saturated carbocycles. The second kappa shape index (κ2) is 6.13. The third-order valence-corrected chi connectivity index (χ3v) is 3.39. The number of anilines is 1. The van der Waals surface area contributed by atoms with Crippen LogP contribution in [0.25, 0.3) is 0 Å². The van der Waals surface area contributed by atoms with Crippen LogP contribution in [0, 0.1) is 6.92 Å². The van der Waals surface area contributed by atoms with Gasteiger partial charge in [-0.15, -0.1) is 0 Å². The van der Waals surface area contributed by atoms with Crippen LogP contribution < -0.4 is 10.1 Å². The van der Waals surface area contributed by atoms with E-state index in [4.69, 9.17) is 4.74 Å². The van der Waals surface area contributed by atoms with E-state index in [-0.39, 0.29) is 5.91 Å². The van der Waals surface area contributed by atoms with Crippen molar-refractivity contribution < 1.29 is 9.53 Å². The number of ether oxygens (including phenoxy) is 1. The second-order valence-electron chi connectivity index (χ2n) is 4.52.